The van der Waals surface area contributed by atoms with Gasteiger partial charge in [0.1, 0.15) is 18.1 Å². The molecule has 0 unspecified atom stereocenters. The molecule has 2 aromatic rings. The number of fused-ring (bicyclic) bond motifs is 1. The van der Waals surface area contributed by atoms with E-state index in [1.54, 1.807) is 4.57 Å². The largest absolute Gasteiger partial charge is 0.361 e. The molecule has 1 aromatic heterocycles. The second kappa shape index (κ2) is 6.65. The molecule has 0 radical (unpaired) electrons. The Hall–Kier alpha value is -0.983. The van der Waals surface area contributed by atoms with Crippen LogP contribution in [0.1, 0.15) is 5.82 Å². The van der Waals surface area contributed by atoms with E-state index in [-0.39, 0.29) is 18.1 Å². The van der Waals surface area contributed by atoms with Gasteiger partial charge in [-0.15, -0.1) is 11.6 Å². The lowest BCUT2D eigenvalue weighted by Gasteiger charge is -2.09. The number of alkyl halides is 1. The van der Waals surface area contributed by atoms with Crippen LogP contribution in [0.3, 0.4) is 0 Å². The van der Waals surface area contributed by atoms with Crippen LogP contribution in [0.2, 0.25) is 19.1 Å². The molecule has 3 nitrogen and oxygen atoms in total. The number of nitrogens with zero attached hydrogens (tertiary/aromatic N) is 2. The quantitative estimate of drug-likeness (QED) is 0.463. The van der Waals surface area contributed by atoms with E-state index in [0.717, 1.165) is 12.1 Å². The average molecular weight is 319 g/mol. The summed E-state index contributed by atoms with van der Waals surface area (Å²) in [6.45, 7) is 5.41. The second-order valence-corrected chi connectivity index (χ2v) is 8.67. The summed E-state index contributed by atoms with van der Waals surface area (Å²) >= 11 is 5.81. The number of halogens is 3. The molecule has 0 aliphatic rings. The van der Waals surface area contributed by atoms with Crippen LogP contribution in [0.5, 0.6) is 0 Å². The Morgan fingerprint density at radius 3 is 2.75 bits per heavy atom. The summed E-state index contributed by atoms with van der Waals surface area (Å²) in [7, 11) is -0.650. The normalized spacial score (nSPS) is 11.7. The van der Waals surface area contributed by atoms with Crippen molar-refractivity contribution in [1.29, 1.82) is 0 Å². The fraction of sp³-hybridized carbons (Fsp3) is 0.462. The Bertz CT molecular complexity index is 604. The van der Waals surface area contributed by atoms with Gasteiger partial charge in [-0.25, -0.2) is 13.8 Å². The van der Waals surface area contributed by atoms with Gasteiger partial charge in [-0.1, -0.05) is 13.1 Å². The molecule has 0 fully saturated rings. The predicted molar refractivity (Wildman–Crippen MR) is 78.8 cm³/mol. The average Bonchev–Trinajstić information content (AvgIpc) is 2.77. The molecule has 2 rings (SSSR count). The zero-order valence-corrected chi connectivity index (χ0v) is 13.4. The first-order valence-corrected chi connectivity index (χ1v) is 10.2. The van der Waals surface area contributed by atoms with Crippen molar-refractivity contribution in [2.45, 2.75) is 31.7 Å². The number of benzene rings is 1. The van der Waals surface area contributed by atoms with Gasteiger partial charge in [-0.05, 0) is 18.2 Å². The highest BCUT2D eigenvalue weighted by atomic mass is 35.5. The molecule has 0 bridgehead atoms. The molecule has 110 valence electrons. The van der Waals surface area contributed by atoms with E-state index < -0.39 is 20.4 Å². The minimum atomic E-state index is -0.942. The summed E-state index contributed by atoms with van der Waals surface area (Å²) in [6.07, 6.45) is 0. The summed E-state index contributed by atoms with van der Waals surface area (Å²) < 4.78 is 34.2. The lowest BCUT2D eigenvalue weighted by Crippen LogP contribution is -2.10. The van der Waals surface area contributed by atoms with Crippen LogP contribution in [-0.2, 0) is 17.3 Å². The van der Waals surface area contributed by atoms with Crippen LogP contribution in [0.15, 0.2) is 12.1 Å². The topological polar surface area (TPSA) is 27.1 Å². The number of rotatable bonds is 6. The van der Waals surface area contributed by atoms with Gasteiger partial charge < -0.3 is 9.30 Å². The molecule has 0 spiro atoms. The highest BCUT2D eigenvalue weighted by Crippen LogP contribution is 2.22. The molecule has 1 aromatic carbocycles. The summed E-state index contributed by atoms with van der Waals surface area (Å²) in [5, 5.41) is 0. The predicted octanol–water partition coefficient (Wildman–Crippen LogP) is 3.51. The van der Waals surface area contributed by atoms with Crippen LogP contribution < -0.4 is 0 Å². The van der Waals surface area contributed by atoms with Gasteiger partial charge in [0.05, 0.1) is 11.4 Å². The molecule has 20 heavy (non-hydrogen) atoms. The Balaban J connectivity index is 2.25. The van der Waals surface area contributed by atoms with Crippen molar-refractivity contribution in [3.63, 3.8) is 0 Å². The monoisotopic (exact) mass is 318 g/mol. The van der Waals surface area contributed by atoms with E-state index in [4.69, 9.17) is 16.3 Å². The third-order valence-electron chi connectivity index (χ3n) is 3.07. The number of hydrogen-bond donors (Lipinski definition) is 0. The molecule has 0 atom stereocenters. The van der Waals surface area contributed by atoms with Crippen LogP contribution in [0.4, 0.5) is 8.78 Å². The van der Waals surface area contributed by atoms with Gasteiger partial charge in [-0.2, -0.15) is 0 Å². The Morgan fingerprint density at radius 1 is 1.35 bits per heavy atom. The fourth-order valence-electron chi connectivity index (χ4n) is 1.90. The molecule has 0 N–H and O–H groups in total. The highest BCUT2D eigenvalue weighted by Gasteiger charge is 2.16. The third kappa shape index (κ3) is 3.19. The summed E-state index contributed by atoms with van der Waals surface area (Å²) in [4.78, 5) is 4.05. The van der Waals surface area contributed by atoms with Gasteiger partial charge in [0.15, 0.2) is 11.6 Å². The summed E-state index contributed by atoms with van der Waals surface area (Å²) in [5.41, 5.74) is 0.504. The zero-order chi connectivity index (χ0) is 14.7. The molecular formula is C13H17ClF2N2OSi. The molecule has 0 aliphatic heterocycles. The van der Waals surface area contributed by atoms with E-state index in [2.05, 4.69) is 18.1 Å². The van der Waals surface area contributed by atoms with Crippen molar-refractivity contribution in [3.8, 4) is 0 Å². The maximum Gasteiger partial charge on any atom is 0.186 e. The summed E-state index contributed by atoms with van der Waals surface area (Å²) in [6, 6.07) is 3.66. The summed E-state index contributed by atoms with van der Waals surface area (Å²) in [5.74, 6) is -1.25. The standard InChI is InChI=1S/C13H17ClF2N2OSi/c1-20(2)6-5-19-8-18-10-4-3-9(15)12(16)13(10)17-11(18)7-14/h3-4,20H,5-8H2,1-2H3. The van der Waals surface area contributed by atoms with Crippen LogP contribution >= 0.6 is 11.6 Å². The molecular weight excluding hydrogens is 302 g/mol. The molecule has 0 saturated heterocycles. The first kappa shape index (κ1) is 15.4. The van der Waals surface area contributed by atoms with Crippen molar-refractivity contribution >= 4 is 31.4 Å². The molecule has 7 heteroatoms. The highest BCUT2D eigenvalue weighted by molar-refractivity contribution is 6.55. The van der Waals surface area contributed by atoms with Crippen molar-refractivity contribution in [1.82, 2.24) is 9.55 Å². The van der Waals surface area contributed by atoms with Crippen LogP contribution in [0.25, 0.3) is 11.0 Å². The lowest BCUT2D eigenvalue weighted by atomic mass is 10.3. The van der Waals surface area contributed by atoms with Gasteiger partial charge in [0, 0.05) is 15.4 Å². The van der Waals surface area contributed by atoms with E-state index in [1.807, 2.05) is 0 Å². The zero-order valence-electron chi connectivity index (χ0n) is 11.5. The smallest absolute Gasteiger partial charge is 0.186 e. The molecule has 0 aliphatic carbocycles. The Labute approximate surface area is 123 Å². The van der Waals surface area contributed by atoms with E-state index in [1.165, 1.54) is 6.07 Å². The molecule has 0 amide bonds. The number of aromatic nitrogens is 2. The van der Waals surface area contributed by atoms with Gasteiger partial charge in [-0.3, -0.25) is 0 Å². The minimum Gasteiger partial charge on any atom is -0.361 e. The third-order valence-corrected chi connectivity index (χ3v) is 4.70. The first-order chi connectivity index (χ1) is 9.54. The Morgan fingerprint density at radius 2 is 2.10 bits per heavy atom. The maximum absolute atomic E-state index is 13.7. The lowest BCUT2D eigenvalue weighted by molar-refractivity contribution is 0.0887. The Kier molecular flexibility index (Phi) is 5.12. The van der Waals surface area contributed by atoms with Crippen LogP contribution in [-0.4, -0.2) is 25.0 Å². The van der Waals surface area contributed by atoms with Gasteiger partial charge >= 0.3 is 0 Å². The van der Waals surface area contributed by atoms with E-state index in [9.17, 15) is 8.78 Å². The SMILES string of the molecule is C[SiH](C)CCOCn1c(CCl)nc2c(F)c(F)ccc21. The van der Waals surface area contributed by atoms with Gasteiger partial charge in [0.25, 0.3) is 0 Å². The first-order valence-electron chi connectivity index (χ1n) is 6.51. The van der Waals surface area contributed by atoms with E-state index >= 15 is 0 Å². The minimum absolute atomic E-state index is 0.00230. The van der Waals surface area contributed by atoms with Crippen molar-refractivity contribution in [3.05, 3.63) is 29.6 Å². The number of ether oxygens (including phenoxy) is 1. The van der Waals surface area contributed by atoms with Crippen molar-refractivity contribution < 1.29 is 13.5 Å². The molecule has 0 saturated carbocycles. The van der Waals surface area contributed by atoms with Crippen molar-refractivity contribution in [2.75, 3.05) is 6.61 Å². The number of imidazole rings is 1. The van der Waals surface area contributed by atoms with Crippen LogP contribution in [0, 0.1) is 11.6 Å². The number of hydrogen-bond acceptors (Lipinski definition) is 2. The fourth-order valence-corrected chi connectivity index (χ4v) is 2.75. The molecule has 1 heterocycles. The van der Waals surface area contributed by atoms with Gasteiger partial charge in [0.2, 0.25) is 0 Å². The van der Waals surface area contributed by atoms with Crippen molar-refractivity contribution in [2.24, 2.45) is 0 Å². The second-order valence-electron chi connectivity index (χ2n) is 5.04. The van der Waals surface area contributed by atoms with E-state index in [0.29, 0.717) is 17.9 Å². The maximum atomic E-state index is 13.7.